The highest BCUT2D eigenvalue weighted by atomic mass is 35.5. The number of methoxy groups -OCH3 is 2. The third-order valence-corrected chi connectivity index (χ3v) is 9.77. The van der Waals surface area contributed by atoms with Gasteiger partial charge in [0, 0.05) is 71.1 Å². The maximum atomic E-state index is 13.3. The number of ether oxygens (including phenoxy) is 3. The number of pyridine rings is 3. The Balaban J connectivity index is 1.26. The predicted molar refractivity (Wildman–Crippen MR) is 212 cm³/mol. The molecule has 1 aliphatic heterocycles. The highest BCUT2D eigenvalue weighted by molar-refractivity contribution is 6.39. The molecule has 2 aromatic carbocycles. The monoisotopic (exact) mass is 784 g/mol. The fraction of sp³-hybridized carbons (Fsp3) is 0.317. The zero-order chi connectivity index (χ0) is 39.3. The van der Waals surface area contributed by atoms with Gasteiger partial charge in [-0.1, -0.05) is 59.6 Å². The van der Waals surface area contributed by atoms with Crippen molar-refractivity contribution in [1.29, 1.82) is 0 Å². The Hall–Kier alpha value is -5.30. The molecule has 0 radical (unpaired) electrons. The number of esters is 1. The molecule has 1 unspecified atom stereocenters. The van der Waals surface area contributed by atoms with Crippen LogP contribution in [-0.2, 0) is 32.2 Å². The minimum Gasteiger partial charge on any atom is -0.481 e. The first-order valence-corrected chi connectivity index (χ1v) is 18.5. The number of fused-ring (bicyclic) bond motifs is 1. The number of rotatable bonds is 12. The van der Waals surface area contributed by atoms with E-state index in [1.165, 1.54) is 14.2 Å². The number of nitrogens with zero attached hydrogens (tertiary/aromatic N) is 4. The molecule has 6 rings (SSSR count). The van der Waals surface area contributed by atoms with Crippen LogP contribution in [0, 0.1) is 0 Å². The molecule has 12 nitrogen and oxygen atoms in total. The first-order chi connectivity index (χ1) is 26.3. The largest absolute Gasteiger partial charge is 0.481 e. The molecule has 4 heterocycles. The lowest BCUT2D eigenvalue weighted by atomic mass is 9.98. The van der Waals surface area contributed by atoms with E-state index in [0.717, 1.165) is 16.5 Å². The number of carbonyl (C=O) groups excluding carboxylic acids is 3. The molecule has 5 aromatic rings. The van der Waals surface area contributed by atoms with Crippen molar-refractivity contribution in [3.8, 4) is 39.5 Å². The van der Waals surface area contributed by atoms with Crippen molar-refractivity contribution in [2.45, 2.75) is 58.3 Å². The molecule has 1 saturated heterocycles. The molecule has 0 aliphatic carbocycles. The number of hydrogen-bond acceptors (Lipinski definition) is 10. The van der Waals surface area contributed by atoms with E-state index in [9.17, 15) is 14.4 Å². The Morgan fingerprint density at radius 2 is 1.62 bits per heavy atom. The molecule has 1 aliphatic rings. The lowest BCUT2D eigenvalue weighted by Crippen LogP contribution is -2.43. The van der Waals surface area contributed by atoms with Crippen LogP contribution in [-0.4, -0.2) is 76.8 Å². The smallest absolute Gasteiger partial charge is 0.410 e. The van der Waals surface area contributed by atoms with E-state index in [-0.39, 0.29) is 37.6 Å². The molecule has 3 aromatic heterocycles. The maximum Gasteiger partial charge on any atom is 0.410 e. The van der Waals surface area contributed by atoms with E-state index in [2.05, 4.69) is 20.4 Å². The molecular weight excluding hydrogens is 743 g/mol. The van der Waals surface area contributed by atoms with Gasteiger partial charge in [0.05, 0.1) is 54.3 Å². The zero-order valence-electron chi connectivity index (χ0n) is 31.2. The zero-order valence-corrected chi connectivity index (χ0v) is 32.8. The van der Waals surface area contributed by atoms with Gasteiger partial charge in [-0.05, 0) is 57.0 Å². The van der Waals surface area contributed by atoms with Crippen molar-refractivity contribution in [1.82, 2.24) is 30.5 Å². The fourth-order valence-electron chi connectivity index (χ4n) is 6.30. The SMILES string of the molecule is COC(=O)CNCc1cnc2cc(-c3cccc(-c4cccc(-c5ccc(CN(CC6CCC(=O)N6)C(=O)OC(C)(C)C)c(OC)n5)c4Cl)c3Cl)ncc2c1. The number of halogens is 2. The third-order valence-electron chi connectivity index (χ3n) is 8.96. The van der Waals surface area contributed by atoms with Crippen LogP contribution in [0.15, 0.2) is 73.1 Å². The summed E-state index contributed by atoms with van der Waals surface area (Å²) in [5.74, 6) is -0.0533. The van der Waals surface area contributed by atoms with Gasteiger partial charge in [-0.15, -0.1) is 0 Å². The Kier molecular flexibility index (Phi) is 12.2. The fourth-order valence-corrected chi connectivity index (χ4v) is 6.95. The van der Waals surface area contributed by atoms with Crippen LogP contribution in [0.5, 0.6) is 5.88 Å². The van der Waals surface area contributed by atoms with E-state index >= 15 is 0 Å². The molecule has 2 amide bonds. The Labute approximate surface area is 329 Å². The number of aromatic nitrogens is 3. The molecule has 2 N–H and O–H groups in total. The van der Waals surface area contributed by atoms with Crippen LogP contribution < -0.4 is 15.4 Å². The highest BCUT2D eigenvalue weighted by Crippen LogP contribution is 2.42. The second kappa shape index (κ2) is 17.0. The molecule has 1 atom stereocenters. The van der Waals surface area contributed by atoms with Gasteiger partial charge >= 0.3 is 12.1 Å². The van der Waals surface area contributed by atoms with E-state index in [1.54, 1.807) is 17.3 Å². The number of benzene rings is 2. The van der Waals surface area contributed by atoms with Gasteiger partial charge in [0.1, 0.15) is 5.60 Å². The van der Waals surface area contributed by atoms with E-state index in [4.69, 9.17) is 42.6 Å². The molecule has 286 valence electrons. The number of hydrogen-bond donors (Lipinski definition) is 2. The van der Waals surface area contributed by atoms with Crippen molar-refractivity contribution in [2.24, 2.45) is 0 Å². The summed E-state index contributed by atoms with van der Waals surface area (Å²) in [6.45, 7) is 6.42. The van der Waals surface area contributed by atoms with E-state index in [1.807, 2.05) is 81.4 Å². The second-order valence-electron chi connectivity index (χ2n) is 14.1. The second-order valence-corrected chi connectivity index (χ2v) is 14.9. The van der Waals surface area contributed by atoms with Gasteiger partial charge in [-0.3, -0.25) is 19.6 Å². The third kappa shape index (κ3) is 9.51. The summed E-state index contributed by atoms with van der Waals surface area (Å²) < 4.78 is 16.1. The van der Waals surface area contributed by atoms with Crippen molar-refractivity contribution < 1.29 is 28.6 Å². The van der Waals surface area contributed by atoms with Crippen LogP contribution in [0.4, 0.5) is 4.79 Å². The number of amides is 2. The highest BCUT2D eigenvalue weighted by Gasteiger charge is 2.29. The standard InChI is InChI=1S/C41H42Cl2N6O6/c1-41(2,3)55-40(52)49(23-27-13-15-35(50)47-27)22-25-12-14-32(48-39(25)54-5)30-10-6-8-28(37(30)42)29-9-7-11-31(38(29)43)34-17-33-26(20-46-34)16-24(19-45-33)18-44-21-36(51)53-4/h6-12,14,16-17,19-20,27,44H,13,15,18,21-23H2,1-5H3,(H,47,50). The van der Waals surface area contributed by atoms with Crippen LogP contribution in [0.2, 0.25) is 10.0 Å². The Bertz CT molecular complexity index is 2240. The summed E-state index contributed by atoms with van der Waals surface area (Å²) in [4.78, 5) is 52.3. The van der Waals surface area contributed by atoms with E-state index < -0.39 is 11.7 Å². The van der Waals surface area contributed by atoms with Gasteiger partial charge in [-0.2, -0.15) is 0 Å². The molecule has 0 bridgehead atoms. The van der Waals surface area contributed by atoms with Gasteiger partial charge in [-0.25, -0.2) is 9.78 Å². The summed E-state index contributed by atoms with van der Waals surface area (Å²) in [5, 5.41) is 7.72. The van der Waals surface area contributed by atoms with Crippen LogP contribution in [0.25, 0.3) is 44.5 Å². The van der Waals surface area contributed by atoms with Crippen molar-refractivity contribution in [3.05, 3.63) is 94.2 Å². The lowest BCUT2D eigenvalue weighted by molar-refractivity contribution is -0.139. The summed E-state index contributed by atoms with van der Waals surface area (Å²) in [6, 6.07) is 18.7. The number of nitrogens with one attached hydrogen (secondary N) is 2. The minimum absolute atomic E-state index is 0.0359. The molecule has 0 saturated carbocycles. The van der Waals surface area contributed by atoms with Crippen molar-refractivity contribution in [2.75, 3.05) is 27.3 Å². The van der Waals surface area contributed by atoms with Crippen molar-refractivity contribution >= 4 is 52.1 Å². The summed E-state index contributed by atoms with van der Waals surface area (Å²) >= 11 is 14.2. The van der Waals surface area contributed by atoms with Gasteiger partial charge in [0.15, 0.2) is 0 Å². The average Bonchev–Trinajstić information content (AvgIpc) is 3.58. The Morgan fingerprint density at radius 1 is 0.927 bits per heavy atom. The summed E-state index contributed by atoms with van der Waals surface area (Å²) in [7, 11) is 2.87. The lowest BCUT2D eigenvalue weighted by Gasteiger charge is -2.29. The first-order valence-electron chi connectivity index (χ1n) is 17.7. The average molecular weight is 786 g/mol. The van der Waals surface area contributed by atoms with E-state index in [0.29, 0.717) is 74.5 Å². The molecule has 55 heavy (non-hydrogen) atoms. The normalized spacial score (nSPS) is 14.1. The van der Waals surface area contributed by atoms with Crippen LogP contribution in [0.1, 0.15) is 44.7 Å². The Morgan fingerprint density at radius 3 is 2.25 bits per heavy atom. The maximum absolute atomic E-state index is 13.3. The number of carbonyl (C=O) groups is 3. The summed E-state index contributed by atoms with van der Waals surface area (Å²) in [5.41, 5.74) is 5.60. The quantitative estimate of drug-likeness (QED) is 0.121. The molecular formula is C41H42Cl2N6O6. The van der Waals surface area contributed by atoms with Gasteiger partial charge < -0.3 is 29.7 Å². The van der Waals surface area contributed by atoms with Gasteiger partial charge in [0.25, 0.3) is 0 Å². The van der Waals surface area contributed by atoms with Crippen molar-refractivity contribution in [3.63, 3.8) is 0 Å². The topological polar surface area (TPSA) is 145 Å². The first kappa shape index (κ1) is 39.4. The van der Waals surface area contributed by atoms with Gasteiger partial charge in [0.2, 0.25) is 11.8 Å². The van der Waals surface area contributed by atoms with Crippen LogP contribution in [0.3, 0.4) is 0 Å². The molecule has 14 heteroatoms. The minimum atomic E-state index is -0.703. The van der Waals surface area contributed by atoms with Crippen LogP contribution >= 0.6 is 23.2 Å². The molecule has 1 fully saturated rings. The summed E-state index contributed by atoms with van der Waals surface area (Å²) in [6.07, 6.45) is 4.05. The predicted octanol–water partition coefficient (Wildman–Crippen LogP) is 7.62. The molecule has 0 spiro atoms.